The molecule has 0 radical (unpaired) electrons. The highest BCUT2D eigenvalue weighted by molar-refractivity contribution is 7.13. The van der Waals surface area contributed by atoms with E-state index in [1.807, 2.05) is 12.3 Å². The molecule has 17 heavy (non-hydrogen) atoms. The van der Waals surface area contributed by atoms with E-state index >= 15 is 0 Å². The van der Waals surface area contributed by atoms with Gasteiger partial charge in [-0.2, -0.15) is 5.26 Å². The molecule has 1 amide bonds. The van der Waals surface area contributed by atoms with Gasteiger partial charge in [0.2, 0.25) is 0 Å². The Labute approximate surface area is 109 Å². The zero-order valence-electron chi connectivity index (χ0n) is 9.36. The van der Waals surface area contributed by atoms with E-state index in [-0.39, 0.29) is 5.91 Å². The molecule has 0 bridgehead atoms. The van der Waals surface area contributed by atoms with Crippen LogP contribution >= 0.6 is 22.9 Å². The Morgan fingerprint density at radius 1 is 1.76 bits per heavy atom. The maximum atomic E-state index is 12.3. The average molecular weight is 270 g/mol. The predicted octanol–water partition coefficient (Wildman–Crippen LogP) is 1.65. The fraction of sp³-hybridized carbons (Fsp3) is 0.455. The first kappa shape index (κ1) is 12.4. The minimum absolute atomic E-state index is 0.138. The second-order valence-electron chi connectivity index (χ2n) is 3.91. The summed E-state index contributed by atoms with van der Waals surface area (Å²) < 4.78 is 0. The van der Waals surface area contributed by atoms with Crippen LogP contribution in [0.5, 0.6) is 0 Å². The quantitative estimate of drug-likeness (QED) is 0.843. The largest absolute Gasteiger partial charge is 0.319 e. The third-order valence-electron chi connectivity index (χ3n) is 2.75. The van der Waals surface area contributed by atoms with Crippen LogP contribution in [0.4, 0.5) is 0 Å². The van der Waals surface area contributed by atoms with Crippen molar-refractivity contribution in [2.75, 3.05) is 19.6 Å². The number of halogens is 1. The molecule has 1 unspecified atom stereocenters. The normalized spacial score (nSPS) is 20.1. The Hall–Kier alpha value is -1.09. The molecule has 1 aromatic heterocycles. The number of hydrogen-bond acceptors (Lipinski definition) is 4. The predicted molar refractivity (Wildman–Crippen MR) is 67.4 cm³/mol. The van der Waals surface area contributed by atoms with E-state index in [0.717, 1.165) is 5.56 Å². The van der Waals surface area contributed by atoms with E-state index in [4.69, 9.17) is 16.9 Å². The minimum atomic E-state index is -0.408. The maximum Gasteiger partial charge on any atom is 0.266 e. The summed E-state index contributed by atoms with van der Waals surface area (Å²) in [5.41, 5.74) is 0.906. The monoisotopic (exact) mass is 269 g/mol. The Kier molecular flexibility index (Phi) is 3.67. The molecule has 0 spiro atoms. The van der Waals surface area contributed by atoms with Crippen LogP contribution in [0.3, 0.4) is 0 Å². The number of nitrogens with zero attached hydrogens (tertiary/aromatic N) is 2. The SMILES string of the molecule is Cc1csc(C(=O)N2CCNCC2C#N)c1Cl. The number of piperazine rings is 1. The fourth-order valence-electron chi connectivity index (χ4n) is 1.77. The third kappa shape index (κ3) is 2.29. The van der Waals surface area contributed by atoms with E-state index in [9.17, 15) is 4.79 Å². The van der Waals surface area contributed by atoms with Gasteiger partial charge in [-0.15, -0.1) is 11.3 Å². The highest BCUT2D eigenvalue weighted by Crippen LogP contribution is 2.28. The number of carbonyl (C=O) groups is 1. The molecule has 90 valence electrons. The lowest BCUT2D eigenvalue weighted by Crippen LogP contribution is -2.52. The number of nitrogens with one attached hydrogen (secondary N) is 1. The van der Waals surface area contributed by atoms with Gasteiger partial charge in [0.25, 0.3) is 5.91 Å². The first-order valence-electron chi connectivity index (χ1n) is 5.30. The van der Waals surface area contributed by atoms with Crippen molar-refractivity contribution in [1.82, 2.24) is 10.2 Å². The highest BCUT2D eigenvalue weighted by Gasteiger charge is 2.29. The van der Waals surface area contributed by atoms with E-state index < -0.39 is 6.04 Å². The van der Waals surface area contributed by atoms with Crippen LogP contribution in [-0.2, 0) is 0 Å². The van der Waals surface area contributed by atoms with Gasteiger partial charge in [-0.3, -0.25) is 4.79 Å². The van der Waals surface area contributed by atoms with Crippen LogP contribution in [0.15, 0.2) is 5.38 Å². The van der Waals surface area contributed by atoms with Gasteiger partial charge in [-0.25, -0.2) is 0 Å². The molecular weight excluding hydrogens is 258 g/mol. The van der Waals surface area contributed by atoms with Crippen LogP contribution in [0, 0.1) is 18.3 Å². The highest BCUT2D eigenvalue weighted by atomic mass is 35.5. The summed E-state index contributed by atoms with van der Waals surface area (Å²) in [6.07, 6.45) is 0. The number of hydrogen-bond donors (Lipinski definition) is 1. The molecule has 0 saturated carbocycles. The van der Waals surface area contributed by atoms with Crippen molar-refractivity contribution in [2.24, 2.45) is 0 Å². The number of amides is 1. The summed E-state index contributed by atoms with van der Waals surface area (Å²) in [7, 11) is 0. The molecule has 1 aliphatic heterocycles. The number of thiophene rings is 1. The van der Waals surface area contributed by atoms with E-state index in [0.29, 0.717) is 29.5 Å². The fourth-order valence-corrected chi connectivity index (χ4v) is 3.00. The summed E-state index contributed by atoms with van der Waals surface area (Å²) in [6, 6.07) is 1.73. The molecule has 4 nitrogen and oxygen atoms in total. The average Bonchev–Trinajstić information content (AvgIpc) is 2.69. The van der Waals surface area contributed by atoms with Gasteiger partial charge >= 0.3 is 0 Å². The molecule has 0 aromatic carbocycles. The minimum Gasteiger partial charge on any atom is -0.319 e. The summed E-state index contributed by atoms with van der Waals surface area (Å²) in [5, 5.41) is 14.5. The molecule has 1 saturated heterocycles. The van der Waals surface area contributed by atoms with Gasteiger partial charge in [-0.05, 0) is 17.9 Å². The standard InChI is InChI=1S/C11H12ClN3OS/c1-7-6-17-10(9(7)12)11(16)15-3-2-14-5-8(15)4-13/h6,8,14H,2-3,5H2,1H3. The molecule has 2 rings (SSSR count). The summed E-state index contributed by atoms with van der Waals surface area (Å²) >= 11 is 7.42. The number of nitriles is 1. The topological polar surface area (TPSA) is 56.1 Å². The molecule has 2 heterocycles. The van der Waals surface area contributed by atoms with Crippen LogP contribution in [0.1, 0.15) is 15.2 Å². The van der Waals surface area contributed by atoms with E-state index in [2.05, 4.69) is 11.4 Å². The van der Waals surface area contributed by atoms with Gasteiger partial charge in [0.05, 0.1) is 11.1 Å². The van der Waals surface area contributed by atoms with Crippen molar-refractivity contribution in [3.05, 3.63) is 20.8 Å². The Balaban J connectivity index is 2.25. The van der Waals surface area contributed by atoms with Crippen molar-refractivity contribution in [3.8, 4) is 6.07 Å². The number of aryl methyl sites for hydroxylation is 1. The van der Waals surface area contributed by atoms with E-state index in [1.54, 1.807) is 4.90 Å². The smallest absolute Gasteiger partial charge is 0.266 e. The van der Waals surface area contributed by atoms with Crippen LogP contribution in [0.25, 0.3) is 0 Å². The van der Waals surface area contributed by atoms with Gasteiger partial charge in [0.15, 0.2) is 0 Å². The molecular formula is C11H12ClN3OS. The molecule has 0 aliphatic carbocycles. The second kappa shape index (κ2) is 5.05. The maximum absolute atomic E-state index is 12.3. The number of carbonyl (C=O) groups excluding carboxylic acids is 1. The van der Waals surface area contributed by atoms with Crippen molar-refractivity contribution >= 4 is 28.8 Å². The van der Waals surface area contributed by atoms with Crippen molar-refractivity contribution in [1.29, 1.82) is 5.26 Å². The lowest BCUT2D eigenvalue weighted by Gasteiger charge is -2.31. The molecule has 6 heteroatoms. The molecule has 1 aromatic rings. The Morgan fingerprint density at radius 2 is 2.53 bits per heavy atom. The van der Waals surface area contributed by atoms with Gasteiger partial charge < -0.3 is 10.2 Å². The van der Waals surface area contributed by atoms with Crippen molar-refractivity contribution in [3.63, 3.8) is 0 Å². The lowest BCUT2D eigenvalue weighted by atomic mass is 10.2. The molecule has 1 aliphatic rings. The zero-order valence-corrected chi connectivity index (χ0v) is 10.9. The van der Waals surface area contributed by atoms with Crippen molar-refractivity contribution in [2.45, 2.75) is 13.0 Å². The third-order valence-corrected chi connectivity index (χ3v) is 4.43. The Bertz CT molecular complexity index is 480. The summed E-state index contributed by atoms with van der Waals surface area (Å²) in [4.78, 5) is 14.4. The molecule has 1 fully saturated rings. The first-order chi connectivity index (χ1) is 8.15. The Morgan fingerprint density at radius 3 is 3.12 bits per heavy atom. The van der Waals surface area contributed by atoms with Gasteiger partial charge in [0.1, 0.15) is 10.9 Å². The second-order valence-corrected chi connectivity index (χ2v) is 5.17. The number of rotatable bonds is 1. The lowest BCUT2D eigenvalue weighted by molar-refractivity contribution is 0.0692. The molecule has 1 atom stereocenters. The van der Waals surface area contributed by atoms with Crippen LogP contribution < -0.4 is 5.32 Å². The van der Waals surface area contributed by atoms with Crippen LogP contribution in [0.2, 0.25) is 5.02 Å². The van der Waals surface area contributed by atoms with Crippen molar-refractivity contribution < 1.29 is 4.79 Å². The van der Waals surface area contributed by atoms with Crippen LogP contribution in [-0.4, -0.2) is 36.5 Å². The van der Waals surface area contributed by atoms with E-state index in [1.165, 1.54) is 11.3 Å². The first-order valence-corrected chi connectivity index (χ1v) is 6.55. The summed E-state index contributed by atoms with van der Waals surface area (Å²) in [5.74, 6) is -0.138. The molecule has 1 N–H and O–H groups in total. The zero-order chi connectivity index (χ0) is 12.4. The van der Waals surface area contributed by atoms with Gasteiger partial charge in [0, 0.05) is 19.6 Å². The summed E-state index contributed by atoms with van der Waals surface area (Å²) in [6.45, 7) is 3.65. The van der Waals surface area contributed by atoms with Gasteiger partial charge in [-0.1, -0.05) is 11.6 Å².